The summed E-state index contributed by atoms with van der Waals surface area (Å²) >= 11 is 4.89. The molecular formula is C10H8BrN5OS. The highest BCUT2D eigenvalue weighted by Gasteiger charge is 2.10. The Morgan fingerprint density at radius 2 is 2.28 bits per heavy atom. The van der Waals surface area contributed by atoms with E-state index in [1.54, 1.807) is 16.0 Å². The van der Waals surface area contributed by atoms with Crippen LogP contribution in [0.2, 0.25) is 0 Å². The minimum absolute atomic E-state index is 0.429. The first-order valence-electron chi connectivity index (χ1n) is 5.16. The number of hydrogen-bond acceptors (Lipinski definition) is 6. The summed E-state index contributed by atoms with van der Waals surface area (Å²) in [6, 6.07) is 3.89. The molecule has 0 aliphatic rings. The highest BCUT2D eigenvalue weighted by Crippen LogP contribution is 2.23. The van der Waals surface area contributed by atoms with E-state index in [-0.39, 0.29) is 0 Å². The lowest BCUT2D eigenvalue weighted by molar-refractivity contribution is 0.470. The van der Waals surface area contributed by atoms with E-state index in [0.717, 1.165) is 10.6 Å². The summed E-state index contributed by atoms with van der Waals surface area (Å²) in [5.41, 5.74) is 0.869. The molecule has 8 heteroatoms. The van der Waals surface area contributed by atoms with Crippen molar-refractivity contribution in [3.8, 4) is 10.8 Å². The zero-order valence-corrected chi connectivity index (χ0v) is 11.6. The Morgan fingerprint density at radius 1 is 1.33 bits per heavy atom. The number of nitrogens with zero attached hydrogens (tertiary/aromatic N) is 5. The van der Waals surface area contributed by atoms with E-state index in [1.807, 2.05) is 23.7 Å². The predicted octanol–water partition coefficient (Wildman–Crippen LogP) is 2.33. The van der Waals surface area contributed by atoms with E-state index in [9.17, 15) is 0 Å². The first-order valence-corrected chi connectivity index (χ1v) is 7.16. The maximum atomic E-state index is 5.56. The second-order valence-electron chi connectivity index (χ2n) is 3.52. The van der Waals surface area contributed by atoms with Crippen LogP contribution in [0.4, 0.5) is 0 Å². The summed E-state index contributed by atoms with van der Waals surface area (Å²) in [7, 11) is 0. The SMILES string of the molecule is BrCc1cn(Cc2nnc(-c3cccs3)o2)nn1. The Kier molecular flexibility index (Phi) is 3.20. The van der Waals surface area contributed by atoms with E-state index in [0.29, 0.717) is 23.7 Å². The zero-order chi connectivity index (χ0) is 12.4. The van der Waals surface area contributed by atoms with Gasteiger partial charge in [-0.05, 0) is 11.4 Å². The molecule has 3 aromatic heterocycles. The molecule has 3 rings (SSSR count). The minimum atomic E-state index is 0.429. The summed E-state index contributed by atoms with van der Waals surface area (Å²) in [6.07, 6.45) is 1.84. The van der Waals surface area contributed by atoms with Gasteiger partial charge in [-0.15, -0.1) is 26.6 Å². The van der Waals surface area contributed by atoms with Gasteiger partial charge < -0.3 is 4.42 Å². The number of rotatable bonds is 4. The minimum Gasteiger partial charge on any atom is -0.418 e. The molecule has 0 amide bonds. The smallest absolute Gasteiger partial charge is 0.257 e. The summed E-state index contributed by atoms with van der Waals surface area (Å²) in [4.78, 5) is 0.966. The van der Waals surface area contributed by atoms with Gasteiger partial charge in [0, 0.05) is 11.5 Å². The van der Waals surface area contributed by atoms with Crippen molar-refractivity contribution < 1.29 is 4.42 Å². The lowest BCUT2D eigenvalue weighted by atomic mass is 10.5. The highest BCUT2D eigenvalue weighted by atomic mass is 79.9. The molecule has 0 aromatic carbocycles. The average molecular weight is 326 g/mol. The Bertz CT molecular complexity index is 632. The van der Waals surface area contributed by atoms with Crippen LogP contribution in [0.15, 0.2) is 28.1 Å². The third kappa shape index (κ3) is 2.34. The molecule has 0 atom stereocenters. The molecular weight excluding hydrogens is 318 g/mol. The van der Waals surface area contributed by atoms with Crippen LogP contribution in [0.5, 0.6) is 0 Å². The van der Waals surface area contributed by atoms with Crippen molar-refractivity contribution in [2.45, 2.75) is 11.9 Å². The molecule has 0 N–H and O–H groups in total. The lowest BCUT2D eigenvalue weighted by Gasteiger charge is -1.92. The molecule has 0 saturated carbocycles. The molecule has 6 nitrogen and oxygen atoms in total. The quantitative estimate of drug-likeness (QED) is 0.688. The van der Waals surface area contributed by atoms with Gasteiger partial charge in [0.2, 0.25) is 5.89 Å². The van der Waals surface area contributed by atoms with Crippen molar-refractivity contribution in [3.63, 3.8) is 0 Å². The highest BCUT2D eigenvalue weighted by molar-refractivity contribution is 9.08. The van der Waals surface area contributed by atoms with Crippen LogP contribution in [0.3, 0.4) is 0 Å². The first kappa shape index (κ1) is 11.5. The second-order valence-corrected chi connectivity index (χ2v) is 5.03. The summed E-state index contributed by atoms with van der Waals surface area (Å²) in [5.74, 6) is 1.06. The van der Waals surface area contributed by atoms with Gasteiger partial charge in [-0.1, -0.05) is 27.2 Å². The first-order chi connectivity index (χ1) is 8.85. The van der Waals surface area contributed by atoms with Gasteiger partial charge >= 0.3 is 0 Å². The van der Waals surface area contributed by atoms with Crippen molar-refractivity contribution in [2.24, 2.45) is 0 Å². The second kappa shape index (κ2) is 4.99. The van der Waals surface area contributed by atoms with Gasteiger partial charge in [-0.3, -0.25) is 0 Å². The zero-order valence-electron chi connectivity index (χ0n) is 9.15. The molecule has 3 heterocycles. The van der Waals surface area contributed by atoms with Crippen LogP contribution >= 0.6 is 27.3 Å². The lowest BCUT2D eigenvalue weighted by Crippen LogP contribution is -2.00. The molecule has 92 valence electrons. The summed E-state index contributed by atoms with van der Waals surface area (Å²) in [5, 5.41) is 18.6. The molecule has 0 aliphatic carbocycles. The molecule has 18 heavy (non-hydrogen) atoms. The largest absolute Gasteiger partial charge is 0.418 e. The van der Waals surface area contributed by atoms with Crippen molar-refractivity contribution in [1.29, 1.82) is 0 Å². The van der Waals surface area contributed by atoms with E-state index >= 15 is 0 Å². The maximum Gasteiger partial charge on any atom is 0.257 e. The standard InChI is InChI=1S/C10H8BrN5OS/c11-4-7-5-16(15-12-7)6-9-13-14-10(17-9)8-2-1-3-18-8/h1-3,5H,4,6H2. The number of alkyl halides is 1. The van der Waals surface area contributed by atoms with Gasteiger partial charge in [0.25, 0.3) is 5.89 Å². The maximum absolute atomic E-state index is 5.56. The Hall–Kier alpha value is -1.54. The molecule has 3 aromatic rings. The fraction of sp³-hybridized carbons (Fsp3) is 0.200. The molecule has 0 radical (unpaired) electrons. The van der Waals surface area contributed by atoms with Gasteiger partial charge in [-0.25, -0.2) is 4.68 Å². The molecule has 0 bridgehead atoms. The predicted molar refractivity (Wildman–Crippen MR) is 69.4 cm³/mol. The van der Waals surface area contributed by atoms with Gasteiger partial charge in [0.1, 0.15) is 6.54 Å². The van der Waals surface area contributed by atoms with E-state index in [2.05, 4.69) is 36.4 Å². The fourth-order valence-electron chi connectivity index (χ4n) is 1.43. The topological polar surface area (TPSA) is 69.6 Å². The Morgan fingerprint density at radius 3 is 3.00 bits per heavy atom. The Balaban J connectivity index is 1.77. The molecule has 0 fully saturated rings. The van der Waals surface area contributed by atoms with Gasteiger partial charge in [-0.2, -0.15) is 0 Å². The van der Waals surface area contributed by atoms with Crippen molar-refractivity contribution in [2.75, 3.05) is 0 Å². The average Bonchev–Trinajstić information content (AvgIpc) is 3.10. The monoisotopic (exact) mass is 325 g/mol. The van der Waals surface area contributed by atoms with Gasteiger partial charge in [0.05, 0.1) is 10.6 Å². The normalized spacial score (nSPS) is 10.9. The summed E-state index contributed by atoms with van der Waals surface area (Å²) < 4.78 is 7.23. The third-order valence-corrected chi connectivity index (χ3v) is 3.65. The number of hydrogen-bond donors (Lipinski definition) is 0. The Labute approximate surface area is 115 Å². The third-order valence-electron chi connectivity index (χ3n) is 2.22. The van der Waals surface area contributed by atoms with Crippen LogP contribution in [0.1, 0.15) is 11.6 Å². The van der Waals surface area contributed by atoms with E-state index in [1.165, 1.54) is 0 Å². The summed E-state index contributed by atoms with van der Waals surface area (Å²) in [6.45, 7) is 0.429. The van der Waals surface area contributed by atoms with Crippen LogP contribution in [0, 0.1) is 0 Å². The molecule has 0 saturated heterocycles. The van der Waals surface area contributed by atoms with E-state index in [4.69, 9.17) is 4.42 Å². The number of halogens is 1. The molecule has 0 spiro atoms. The van der Waals surface area contributed by atoms with Gasteiger partial charge in [0.15, 0.2) is 0 Å². The fourth-order valence-corrected chi connectivity index (χ4v) is 2.33. The van der Waals surface area contributed by atoms with Crippen molar-refractivity contribution in [3.05, 3.63) is 35.3 Å². The number of aromatic nitrogens is 5. The van der Waals surface area contributed by atoms with Crippen LogP contribution in [0.25, 0.3) is 10.8 Å². The molecule has 0 aliphatic heterocycles. The van der Waals surface area contributed by atoms with Crippen LogP contribution < -0.4 is 0 Å². The van der Waals surface area contributed by atoms with Crippen molar-refractivity contribution in [1.82, 2.24) is 25.2 Å². The molecule has 0 unspecified atom stereocenters. The van der Waals surface area contributed by atoms with E-state index < -0.39 is 0 Å². The number of thiophene rings is 1. The van der Waals surface area contributed by atoms with Crippen LogP contribution in [-0.4, -0.2) is 25.2 Å². The van der Waals surface area contributed by atoms with Crippen LogP contribution in [-0.2, 0) is 11.9 Å². The van der Waals surface area contributed by atoms with Crippen molar-refractivity contribution >= 4 is 27.3 Å².